The fourth-order valence-electron chi connectivity index (χ4n) is 1.15. The molecule has 3 N–H and O–H groups in total. The number of carbonyl (C=O) groups excluding carboxylic acids is 1. The van der Waals surface area contributed by atoms with Gasteiger partial charge in [-0.2, -0.15) is 0 Å². The Morgan fingerprint density at radius 1 is 1.47 bits per heavy atom. The molecule has 0 bridgehead atoms. The van der Waals surface area contributed by atoms with Crippen LogP contribution < -0.4 is 11.1 Å². The van der Waals surface area contributed by atoms with Crippen LogP contribution in [0.25, 0.3) is 0 Å². The van der Waals surface area contributed by atoms with Gasteiger partial charge in [0.1, 0.15) is 0 Å². The lowest BCUT2D eigenvalue weighted by atomic mass is 10.2. The van der Waals surface area contributed by atoms with Crippen LogP contribution in [0.2, 0.25) is 5.02 Å². The van der Waals surface area contributed by atoms with E-state index in [9.17, 15) is 4.79 Å². The third kappa shape index (κ3) is 7.49. The van der Waals surface area contributed by atoms with E-state index in [-0.39, 0.29) is 18.3 Å². The summed E-state index contributed by atoms with van der Waals surface area (Å²) in [5.41, 5.74) is 6.41. The molecule has 0 aromatic heterocycles. The molecule has 0 radical (unpaired) electrons. The molecule has 0 heterocycles. The average Bonchev–Trinajstić information content (AvgIpc) is 2.26. The monoisotopic (exact) mass is 294 g/mol. The summed E-state index contributed by atoms with van der Waals surface area (Å²) in [5.74, 6) is 1.26. The highest BCUT2D eigenvalue weighted by atomic mass is 35.5. The van der Waals surface area contributed by atoms with Crippen LogP contribution in [0.3, 0.4) is 0 Å². The molecule has 0 aliphatic heterocycles. The molecule has 3 nitrogen and oxygen atoms in total. The van der Waals surface area contributed by atoms with Crippen LogP contribution >= 0.6 is 35.8 Å². The van der Waals surface area contributed by atoms with E-state index in [1.165, 1.54) is 0 Å². The second-order valence-electron chi connectivity index (χ2n) is 3.26. The van der Waals surface area contributed by atoms with Crippen molar-refractivity contribution in [2.45, 2.75) is 5.75 Å². The number of halogens is 2. The number of hydrogen-bond donors (Lipinski definition) is 2. The summed E-state index contributed by atoms with van der Waals surface area (Å²) >= 11 is 7.41. The first-order valence-electron chi connectivity index (χ1n) is 5.01. The minimum Gasteiger partial charge on any atom is -0.354 e. The highest BCUT2D eigenvalue weighted by molar-refractivity contribution is 7.99. The molecule has 6 heteroatoms. The number of hydrogen-bond acceptors (Lipinski definition) is 3. The molecule has 0 saturated heterocycles. The molecule has 0 atom stereocenters. The second-order valence-corrected chi connectivity index (χ2v) is 4.68. The van der Waals surface area contributed by atoms with Crippen LogP contribution in [0.1, 0.15) is 5.56 Å². The van der Waals surface area contributed by atoms with Gasteiger partial charge in [-0.05, 0) is 17.7 Å². The van der Waals surface area contributed by atoms with Crippen molar-refractivity contribution in [2.24, 2.45) is 5.73 Å². The summed E-state index contributed by atoms with van der Waals surface area (Å²) in [5, 5.41) is 3.45. The molecular weight excluding hydrogens is 279 g/mol. The summed E-state index contributed by atoms with van der Waals surface area (Å²) in [7, 11) is 0. The molecule has 96 valence electrons. The van der Waals surface area contributed by atoms with Crippen molar-refractivity contribution in [3.05, 3.63) is 34.9 Å². The van der Waals surface area contributed by atoms with Crippen LogP contribution in [0.4, 0.5) is 0 Å². The van der Waals surface area contributed by atoms with Gasteiger partial charge in [-0.3, -0.25) is 4.79 Å². The van der Waals surface area contributed by atoms with Crippen molar-refractivity contribution in [1.82, 2.24) is 5.32 Å². The lowest BCUT2D eigenvalue weighted by Gasteiger charge is -2.03. The molecule has 1 rings (SSSR count). The SMILES string of the molecule is Cl.NCCNC(=O)CSCc1cccc(Cl)c1. The highest BCUT2D eigenvalue weighted by Crippen LogP contribution is 2.16. The largest absolute Gasteiger partial charge is 0.354 e. The average molecular weight is 295 g/mol. The number of amides is 1. The Labute approximate surface area is 117 Å². The third-order valence-corrected chi connectivity index (χ3v) is 3.10. The quantitative estimate of drug-likeness (QED) is 0.844. The maximum atomic E-state index is 11.2. The van der Waals surface area contributed by atoms with Gasteiger partial charge in [0.25, 0.3) is 0 Å². The Hall–Kier alpha value is -0.420. The number of rotatable bonds is 6. The maximum absolute atomic E-state index is 11.2. The van der Waals surface area contributed by atoms with Gasteiger partial charge in [0.2, 0.25) is 5.91 Å². The van der Waals surface area contributed by atoms with Gasteiger partial charge in [0.15, 0.2) is 0 Å². The second kappa shape index (κ2) is 9.59. The third-order valence-electron chi connectivity index (χ3n) is 1.86. The standard InChI is InChI=1S/C11H15ClN2OS.ClH/c12-10-3-1-2-9(6-10)7-16-8-11(15)14-5-4-13;/h1-3,6H,4-5,7-8,13H2,(H,14,15);1H. The molecule has 17 heavy (non-hydrogen) atoms. The molecule has 1 amide bonds. The zero-order valence-electron chi connectivity index (χ0n) is 9.32. The lowest BCUT2D eigenvalue weighted by Crippen LogP contribution is -2.30. The number of thioether (sulfide) groups is 1. The van der Waals surface area contributed by atoms with Crippen LogP contribution in [-0.2, 0) is 10.5 Å². The fraction of sp³-hybridized carbons (Fsp3) is 0.364. The first kappa shape index (κ1) is 16.6. The smallest absolute Gasteiger partial charge is 0.230 e. The molecule has 0 aliphatic rings. The zero-order chi connectivity index (χ0) is 11.8. The minimum absolute atomic E-state index is 0. The van der Waals surface area contributed by atoms with E-state index in [2.05, 4.69) is 5.32 Å². The summed E-state index contributed by atoms with van der Waals surface area (Å²) in [6, 6.07) is 7.65. The van der Waals surface area contributed by atoms with Gasteiger partial charge >= 0.3 is 0 Å². The summed E-state index contributed by atoms with van der Waals surface area (Å²) in [6.45, 7) is 1.02. The predicted molar refractivity (Wildman–Crippen MR) is 76.9 cm³/mol. The van der Waals surface area contributed by atoms with E-state index in [0.717, 1.165) is 16.3 Å². The van der Waals surface area contributed by atoms with Gasteiger partial charge in [0.05, 0.1) is 5.75 Å². The molecule has 0 fully saturated rings. The van der Waals surface area contributed by atoms with Crippen molar-refractivity contribution >= 4 is 41.7 Å². The minimum atomic E-state index is 0. The molecule has 0 saturated carbocycles. The molecule has 0 unspecified atom stereocenters. The predicted octanol–water partition coefficient (Wildman–Crippen LogP) is 2.07. The number of nitrogens with two attached hydrogens (primary N) is 1. The van der Waals surface area contributed by atoms with Crippen LogP contribution in [0.15, 0.2) is 24.3 Å². The van der Waals surface area contributed by atoms with Gasteiger partial charge < -0.3 is 11.1 Å². The Bertz CT molecular complexity index is 350. The van der Waals surface area contributed by atoms with E-state index >= 15 is 0 Å². The van der Waals surface area contributed by atoms with Crippen LogP contribution in [-0.4, -0.2) is 24.7 Å². The Balaban J connectivity index is 0.00000256. The van der Waals surface area contributed by atoms with Crippen molar-refractivity contribution < 1.29 is 4.79 Å². The molecule has 1 aromatic carbocycles. The van der Waals surface area contributed by atoms with Crippen molar-refractivity contribution in [1.29, 1.82) is 0 Å². The van der Waals surface area contributed by atoms with E-state index < -0.39 is 0 Å². The molecule has 0 aliphatic carbocycles. The maximum Gasteiger partial charge on any atom is 0.230 e. The molecule has 0 spiro atoms. The number of carbonyl (C=O) groups is 1. The van der Waals surface area contributed by atoms with E-state index in [4.69, 9.17) is 17.3 Å². The fourth-order valence-corrected chi connectivity index (χ4v) is 2.17. The summed E-state index contributed by atoms with van der Waals surface area (Å²) in [4.78, 5) is 11.2. The first-order valence-corrected chi connectivity index (χ1v) is 6.54. The van der Waals surface area contributed by atoms with Crippen molar-refractivity contribution in [3.8, 4) is 0 Å². The van der Waals surface area contributed by atoms with Crippen molar-refractivity contribution in [2.75, 3.05) is 18.8 Å². The first-order chi connectivity index (χ1) is 7.72. The van der Waals surface area contributed by atoms with Crippen molar-refractivity contribution in [3.63, 3.8) is 0 Å². The highest BCUT2D eigenvalue weighted by Gasteiger charge is 2.01. The van der Waals surface area contributed by atoms with E-state index in [1.807, 2.05) is 24.3 Å². The Kier molecular flexibility index (Phi) is 9.36. The lowest BCUT2D eigenvalue weighted by molar-refractivity contribution is -0.118. The van der Waals surface area contributed by atoms with Crippen LogP contribution in [0.5, 0.6) is 0 Å². The van der Waals surface area contributed by atoms with Gasteiger partial charge in [-0.25, -0.2) is 0 Å². The van der Waals surface area contributed by atoms with Gasteiger partial charge in [-0.1, -0.05) is 23.7 Å². The molecular formula is C11H16Cl2N2OS. The Morgan fingerprint density at radius 2 is 2.24 bits per heavy atom. The zero-order valence-corrected chi connectivity index (χ0v) is 11.7. The van der Waals surface area contributed by atoms with E-state index in [0.29, 0.717) is 18.8 Å². The van der Waals surface area contributed by atoms with Gasteiger partial charge in [0, 0.05) is 23.9 Å². The van der Waals surface area contributed by atoms with E-state index in [1.54, 1.807) is 11.8 Å². The number of nitrogens with one attached hydrogen (secondary N) is 1. The normalized spacial score (nSPS) is 9.53. The molecule has 1 aromatic rings. The van der Waals surface area contributed by atoms with Crippen LogP contribution in [0, 0.1) is 0 Å². The van der Waals surface area contributed by atoms with Gasteiger partial charge in [-0.15, -0.1) is 24.2 Å². The summed E-state index contributed by atoms with van der Waals surface area (Å²) in [6.07, 6.45) is 0. The Morgan fingerprint density at radius 3 is 2.88 bits per heavy atom. The topological polar surface area (TPSA) is 55.1 Å². The number of benzene rings is 1. The summed E-state index contributed by atoms with van der Waals surface area (Å²) < 4.78 is 0.